The lowest BCUT2D eigenvalue weighted by Crippen LogP contribution is -2.45. The third-order valence-electron chi connectivity index (χ3n) is 5.56. The number of morpholine rings is 1. The topological polar surface area (TPSA) is 68.5 Å². The third kappa shape index (κ3) is 3.65. The molecule has 2 heterocycles. The van der Waals surface area contributed by atoms with Gasteiger partial charge in [-0.05, 0) is 37.2 Å². The normalized spacial score (nSPS) is 26.7. The van der Waals surface area contributed by atoms with E-state index in [1.54, 1.807) is 6.92 Å². The van der Waals surface area contributed by atoms with E-state index in [1.807, 2.05) is 4.90 Å². The van der Waals surface area contributed by atoms with Crippen molar-refractivity contribution in [3.63, 3.8) is 0 Å². The molecule has 1 amide bonds. The van der Waals surface area contributed by atoms with Gasteiger partial charge in [0.1, 0.15) is 6.10 Å². The highest BCUT2D eigenvalue weighted by Gasteiger charge is 2.34. The molecule has 2 aliphatic rings. The Morgan fingerprint density at radius 1 is 1.15 bits per heavy atom. The van der Waals surface area contributed by atoms with Crippen LogP contribution in [0.4, 0.5) is 0 Å². The summed E-state index contributed by atoms with van der Waals surface area (Å²) >= 11 is 0. The Hall–Kier alpha value is -2.21. The minimum absolute atomic E-state index is 0.126. The second kappa shape index (κ2) is 7.58. The maximum Gasteiger partial charge on any atom is 0.225 e. The van der Waals surface area contributed by atoms with Gasteiger partial charge in [0.25, 0.3) is 0 Å². The van der Waals surface area contributed by atoms with Gasteiger partial charge in [0.2, 0.25) is 17.6 Å². The molecule has 1 aliphatic carbocycles. The maximum atomic E-state index is 13.0. The Kier molecular flexibility index (Phi) is 5.02. The Morgan fingerprint density at radius 2 is 1.92 bits per heavy atom. The molecule has 138 valence electrons. The first kappa shape index (κ1) is 17.2. The molecule has 0 bridgehead atoms. The molecule has 2 fully saturated rings. The first-order chi connectivity index (χ1) is 12.7. The summed E-state index contributed by atoms with van der Waals surface area (Å²) in [6, 6.07) is 10.7. The van der Waals surface area contributed by atoms with Crippen LogP contribution in [0.5, 0.6) is 0 Å². The van der Waals surface area contributed by atoms with Crippen molar-refractivity contribution in [2.45, 2.75) is 44.6 Å². The third-order valence-corrected chi connectivity index (χ3v) is 5.56. The maximum absolute atomic E-state index is 13.0. The zero-order valence-corrected chi connectivity index (χ0v) is 15.1. The lowest BCUT2D eigenvalue weighted by Gasteiger charge is -2.36. The Balaban J connectivity index is 1.34. The standard InChI is InChI=1S/C20H25N3O3/c1-14-21-19(22-26-14)18-13-23(11-12-25-18)20(24)17-9-7-16(8-10-17)15-5-3-2-4-6-15/h2-6,16-18H,7-13H2,1H3. The average Bonchev–Trinajstić information content (AvgIpc) is 3.15. The van der Waals surface area contributed by atoms with Crippen molar-refractivity contribution in [3.8, 4) is 0 Å². The predicted molar refractivity (Wildman–Crippen MR) is 95.4 cm³/mol. The van der Waals surface area contributed by atoms with Gasteiger partial charge in [-0.1, -0.05) is 35.5 Å². The number of benzene rings is 1. The van der Waals surface area contributed by atoms with Gasteiger partial charge in [0, 0.05) is 19.4 Å². The molecule has 1 aromatic heterocycles. The van der Waals surface area contributed by atoms with Gasteiger partial charge >= 0.3 is 0 Å². The molecule has 6 heteroatoms. The quantitative estimate of drug-likeness (QED) is 0.845. The summed E-state index contributed by atoms with van der Waals surface area (Å²) in [6.45, 7) is 3.43. The number of aromatic nitrogens is 2. The monoisotopic (exact) mass is 355 g/mol. The van der Waals surface area contributed by atoms with Crippen molar-refractivity contribution >= 4 is 5.91 Å². The highest BCUT2D eigenvalue weighted by molar-refractivity contribution is 5.79. The fraction of sp³-hybridized carbons (Fsp3) is 0.550. The van der Waals surface area contributed by atoms with Gasteiger partial charge in [-0.3, -0.25) is 4.79 Å². The molecule has 1 saturated carbocycles. The van der Waals surface area contributed by atoms with Crippen LogP contribution in [0.3, 0.4) is 0 Å². The van der Waals surface area contributed by atoms with Crippen LogP contribution in [0, 0.1) is 12.8 Å². The fourth-order valence-electron chi connectivity index (χ4n) is 4.11. The molecule has 1 atom stereocenters. The minimum Gasteiger partial charge on any atom is -0.366 e. The SMILES string of the molecule is Cc1nc(C2CN(C(=O)C3CCC(c4ccccc4)CC3)CCO2)no1. The predicted octanol–water partition coefficient (Wildman–Crippen LogP) is 3.25. The molecule has 1 aromatic carbocycles. The number of rotatable bonds is 3. The Bertz CT molecular complexity index is 738. The van der Waals surface area contributed by atoms with E-state index in [2.05, 4.69) is 40.5 Å². The average molecular weight is 355 g/mol. The fourth-order valence-corrected chi connectivity index (χ4v) is 4.11. The van der Waals surface area contributed by atoms with Crippen molar-refractivity contribution in [2.24, 2.45) is 5.92 Å². The number of aryl methyl sites for hydroxylation is 1. The summed E-state index contributed by atoms with van der Waals surface area (Å²) in [7, 11) is 0. The van der Waals surface area contributed by atoms with Crippen molar-refractivity contribution in [2.75, 3.05) is 19.7 Å². The van der Waals surface area contributed by atoms with E-state index in [-0.39, 0.29) is 17.9 Å². The molecule has 6 nitrogen and oxygen atoms in total. The Morgan fingerprint density at radius 3 is 2.62 bits per heavy atom. The van der Waals surface area contributed by atoms with Gasteiger partial charge in [0.15, 0.2) is 0 Å². The highest BCUT2D eigenvalue weighted by Crippen LogP contribution is 2.36. The zero-order chi connectivity index (χ0) is 17.9. The van der Waals surface area contributed by atoms with E-state index in [0.717, 1.165) is 25.7 Å². The van der Waals surface area contributed by atoms with E-state index < -0.39 is 0 Å². The molecule has 1 unspecified atom stereocenters. The number of hydrogen-bond donors (Lipinski definition) is 0. The second-order valence-corrected chi connectivity index (χ2v) is 7.27. The summed E-state index contributed by atoms with van der Waals surface area (Å²) in [5, 5.41) is 3.94. The molecule has 1 saturated heterocycles. The summed E-state index contributed by atoms with van der Waals surface area (Å²) in [5.74, 6) is 2.02. The van der Waals surface area contributed by atoms with Gasteiger partial charge < -0.3 is 14.2 Å². The van der Waals surface area contributed by atoms with E-state index in [1.165, 1.54) is 5.56 Å². The highest BCUT2D eigenvalue weighted by atomic mass is 16.5. The van der Waals surface area contributed by atoms with Crippen molar-refractivity contribution in [1.29, 1.82) is 0 Å². The van der Waals surface area contributed by atoms with Gasteiger partial charge in [-0.25, -0.2) is 0 Å². The molecule has 0 radical (unpaired) electrons. The molecule has 1 aliphatic heterocycles. The van der Waals surface area contributed by atoms with Crippen molar-refractivity contribution in [1.82, 2.24) is 15.0 Å². The van der Waals surface area contributed by atoms with Gasteiger partial charge in [0.05, 0.1) is 13.2 Å². The molecular formula is C20H25N3O3. The van der Waals surface area contributed by atoms with Crippen LogP contribution >= 0.6 is 0 Å². The number of carbonyl (C=O) groups excluding carboxylic acids is 1. The van der Waals surface area contributed by atoms with Crippen LogP contribution in [0.2, 0.25) is 0 Å². The zero-order valence-electron chi connectivity index (χ0n) is 15.1. The second-order valence-electron chi connectivity index (χ2n) is 7.27. The van der Waals surface area contributed by atoms with E-state index >= 15 is 0 Å². The van der Waals surface area contributed by atoms with Crippen LogP contribution in [0.25, 0.3) is 0 Å². The van der Waals surface area contributed by atoms with Gasteiger partial charge in [-0.15, -0.1) is 0 Å². The largest absolute Gasteiger partial charge is 0.366 e. The van der Waals surface area contributed by atoms with E-state index in [4.69, 9.17) is 9.26 Å². The first-order valence-corrected chi connectivity index (χ1v) is 9.46. The smallest absolute Gasteiger partial charge is 0.225 e. The lowest BCUT2D eigenvalue weighted by atomic mass is 9.78. The number of ether oxygens (including phenoxy) is 1. The molecule has 2 aromatic rings. The number of hydrogen-bond acceptors (Lipinski definition) is 5. The molecular weight excluding hydrogens is 330 g/mol. The summed E-state index contributed by atoms with van der Waals surface area (Å²) in [6.07, 6.45) is 3.80. The summed E-state index contributed by atoms with van der Waals surface area (Å²) in [4.78, 5) is 19.2. The minimum atomic E-state index is -0.286. The molecule has 0 spiro atoms. The number of carbonyl (C=O) groups is 1. The van der Waals surface area contributed by atoms with E-state index in [0.29, 0.717) is 37.3 Å². The Labute approximate surface area is 153 Å². The molecule has 0 N–H and O–H groups in total. The first-order valence-electron chi connectivity index (χ1n) is 9.46. The lowest BCUT2D eigenvalue weighted by molar-refractivity contribution is -0.144. The van der Waals surface area contributed by atoms with Crippen LogP contribution in [-0.4, -0.2) is 40.6 Å². The van der Waals surface area contributed by atoms with Crippen LogP contribution < -0.4 is 0 Å². The summed E-state index contributed by atoms with van der Waals surface area (Å²) in [5.41, 5.74) is 1.40. The van der Waals surface area contributed by atoms with E-state index in [9.17, 15) is 4.79 Å². The van der Waals surface area contributed by atoms with Gasteiger partial charge in [-0.2, -0.15) is 4.98 Å². The van der Waals surface area contributed by atoms with Crippen LogP contribution in [0.15, 0.2) is 34.9 Å². The molecule has 4 rings (SSSR count). The summed E-state index contributed by atoms with van der Waals surface area (Å²) < 4.78 is 10.8. The van der Waals surface area contributed by atoms with Crippen molar-refractivity contribution < 1.29 is 14.1 Å². The number of nitrogens with zero attached hydrogens (tertiary/aromatic N) is 3. The van der Waals surface area contributed by atoms with Crippen LogP contribution in [-0.2, 0) is 9.53 Å². The number of amides is 1. The van der Waals surface area contributed by atoms with Crippen molar-refractivity contribution in [3.05, 3.63) is 47.6 Å². The van der Waals surface area contributed by atoms with Crippen LogP contribution in [0.1, 0.15) is 55.0 Å². The molecule has 26 heavy (non-hydrogen) atoms.